The van der Waals surface area contributed by atoms with Gasteiger partial charge in [0.2, 0.25) is 5.91 Å². The van der Waals surface area contributed by atoms with Crippen molar-refractivity contribution >= 4 is 17.3 Å². The minimum Gasteiger partial charge on any atom is -0.423 e. The normalized spacial score (nSPS) is 10.8. The molecule has 1 amide bonds. The van der Waals surface area contributed by atoms with E-state index in [-0.39, 0.29) is 11.9 Å². The zero-order valence-corrected chi connectivity index (χ0v) is 18.6. The molecule has 4 aromatic rings. The molecular weight excluding hydrogens is 416 g/mol. The molecule has 2 N–H and O–H groups in total. The number of hydrogen-bond donors (Lipinski definition) is 2. The minimum atomic E-state index is 0.0184. The van der Waals surface area contributed by atoms with E-state index >= 15 is 0 Å². The van der Waals surface area contributed by atoms with E-state index in [0.717, 1.165) is 22.6 Å². The Morgan fingerprint density at radius 1 is 0.970 bits per heavy atom. The van der Waals surface area contributed by atoms with Crippen molar-refractivity contribution in [2.24, 2.45) is 5.92 Å². The third-order valence-corrected chi connectivity index (χ3v) is 4.79. The molecule has 168 valence electrons. The van der Waals surface area contributed by atoms with Gasteiger partial charge in [-0.1, -0.05) is 55.3 Å². The van der Waals surface area contributed by atoms with E-state index in [9.17, 15) is 4.79 Å². The second-order valence-corrected chi connectivity index (χ2v) is 8.04. The predicted molar refractivity (Wildman–Crippen MR) is 128 cm³/mol. The predicted octanol–water partition coefficient (Wildman–Crippen LogP) is 5.05. The number of aromatic nitrogens is 4. The number of tetrazole rings is 1. The first-order chi connectivity index (χ1) is 16.1. The van der Waals surface area contributed by atoms with Crippen molar-refractivity contribution in [3.05, 3.63) is 84.4 Å². The number of rotatable bonds is 9. The molecule has 8 heteroatoms. The van der Waals surface area contributed by atoms with Gasteiger partial charge in [0.25, 0.3) is 0 Å². The van der Waals surface area contributed by atoms with Crippen molar-refractivity contribution in [3.8, 4) is 17.4 Å². The molecule has 0 aliphatic rings. The van der Waals surface area contributed by atoms with Gasteiger partial charge in [0.05, 0.1) is 5.69 Å². The molecule has 0 spiro atoms. The van der Waals surface area contributed by atoms with Gasteiger partial charge in [0.15, 0.2) is 0 Å². The van der Waals surface area contributed by atoms with Crippen LogP contribution in [0.3, 0.4) is 0 Å². The molecule has 3 aromatic carbocycles. The Labute approximate surface area is 192 Å². The van der Waals surface area contributed by atoms with Crippen LogP contribution in [0, 0.1) is 5.92 Å². The van der Waals surface area contributed by atoms with E-state index in [2.05, 4.69) is 26.2 Å². The molecule has 0 saturated heterocycles. The molecule has 1 heterocycles. The highest BCUT2D eigenvalue weighted by Gasteiger charge is 2.11. The molecule has 0 fully saturated rings. The van der Waals surface area contributed by atoms with E-state index in [0.29, 0.717) is 24.6 Å². The van der Waals surface area contributed by atoms with Gasteiger partial charge in [0.1, 0.15) is 5.75 Å². The number of amides is 1. The molecule has 0 bridgehead atoms. The molecule has 4 rings (SSSR count). The summed E-state index contributed by atoms with van der Waals surface area (Å²) in [6.07, 6.45) is 0.498. The number of nitrogens with zero attached hydrogens (tertiary/aromatic N) is 4. The summed E-state index contributed by atoms with van der Waals surface area (Å²) in [6.45, 7) is 4.64. The lowest BCUT2D eigenvalue weighted by Gasteiger charge is -2.11. The number of carbonyl (C=O) groups excluding carboxylic acids is 1. The van der Waals surface area contributed by atoms with Crippen LogP contribution in [0.1, 0.15) is 25.8 Å². The molecule has 0 aliphatic carbocycles. The van der Waals surface area contributed by atoms with Crippen LogP contribution in [-0.4, -0.2) is 26.1 Å². The molecule has 0 atom stereocenters. The number of nitrogens with one attached hydrogen (secondary N) is 2. The van der Waals surface area contributed by atoms with E-state index in [1.54, 1.807) is 4.68 Å². The molecule has 33 heavy (non-hydrogen) atoms. The summed E-state index contributed by atoms with van der Waals surface area (Å²) in [5.74, 6) is 0.971. The molecule has 0 aliphatic heterocycles. The summed E-state index contributed by atoms with van der Waals surface area (Å²) in [7, 11) is 0. The Balaban J connectivity index is 1.39. The molecule has 0 radical (unpaired) electrons. The number of para-hydroxylation sites is 1. The maximum Gasteiger partial charge on any atom is 0.345 e. The summed E-state index contributed by atoms with van der Waals surface area (Å²) in [6, 6.07) is 25.3. The third kappa shape index (κ3) is 6.16. The first-order valence-corrected chi connectivity index (χ1v) is 10.8. The molecule has 0 saturated carbocycles. The van der Waals surface area contributed by atoms with Crippen LogP contribution in [0.15, 0.2) is 78.9 Å². The van der Waals surface area contributed by atoms with Crippen molar-refractivity contribution in [3.63, 3.8) is 0 Å². The van der Waals surface area contributed by atoms with Crippen molar-refractivity contribution < 1.29 is 9.53 Å². The smallest absolute Gasteiger partial charge is 0.345 e. The zero-order chi connectivity index (χ0) is 23.0. The second kappa shape index (κ2) is 10.4. The van der Waals surface area contributed by atoms with Crippen LogP contribution in [-0.2, 0) is 11.3 Å². The van der Waals surface area contributed by atoms with Crippen LogP contribution in [0.2, 0.25) is 0 Å². The van der Waals surface area contributed by atoms with E-state index < -0.39 is 0 Å². The first-order valence-electron chi connectivity index (χ1n) is 10.8. The van der Waals surface area contributed by atoms with Crippen molar-refractivity contribution in [1.82, 2.24) is 20.2 Å². The third-order valence-electron chi connectivity index (χ3n) is 4.79. The van der Waals surface area contributed by atoms with Gasteiger partial charge in [-0.15, -0.1) is 0 Å². The van der Waals surface area contributed by atoms with Crippen LogP contribution in [0.25, 0.3) is 5.69 Å². The van der Waals surface area contributed by atoms with Crippen LogP contribution >= 0.6 is 0 Å². The molecule has 0 unspecified atom stereocenters. The lowest BCUT2D eigenvalue weighted by Crippen LogP contribution is -2.13. The van der Waals surface area contributed by atoms with Gasteiger partial charge in [0, 0.05) is 24.3 Å². The molecular formula is C25H26N6O2. The quantitative estimate of drug-likeness (QED) is 0.377. The van der Waals surface area contributed by atoms with Crippen molar-refractivity contribution in [2.75, 3.05) is 10.6 Å². The largest absolute Gasteiger partial charge is 0.423 e. The number of carbonyl (C=O) groups is 1. The molecule has 8 nitrogen and oxygen atoms in total. The second-order valence-electron chi connectivity index (χ2n) is 8.04. The number of hydrogen-bond acceptors (Lipinski definition) is 6. The lowest BCUT2D eigenvalue weighted by molar-refractivity contribution is -0.116. The van der Waals surface area contributed by atoms with E-state index in [1.165, 1.54) is 0 Å². The van der Waals surface area contributed by atoms with Gasteiger partial charge in [-0.05, 0) is 64.4 Å². The fourth-order valence-electron chi connectivity index (χ4n) is 3.29. The Morgan fingerprint density at radius 2 is 1.76 bits per heavy atom. The van der Waals surface area contributed by atoms with Crippen LogP contribution in [0.4, 0.5) is 11.4 Å². The standard InChI is InChI=1S/C25H26N6O2/c1-18(2)14-24(32)27-21-10-7-9-20(16-21)26-17-19-8-6-13-23(15-19)33-25-28-29-30-31(25)22-11-4-3-5-12-22/h3-13,15-16,18,26H,14,17H2,1-2H3,(H,27,32). The SMILES string of the molecule is CC(C)CC(=O)Nc1cccc(NCc2cccc(Oc3nnnn3-c3ccccc3)c2)c1. The van der Waals surface area contributed by atoms with Gasteiger partial charge >= 0.3 is 6.01 Å². The first kappa shape index (κ1) is 22.0. The maximum atomic E-state index is 12.0. The van der Waals surface area contributed by atoms with E-state index in [1.807, 2.05) is 92.7 Å². The highest BCUT2D eigenvalue weighted by molar-refractivity contribution is 5.91. The Morgan fingerprint density at radius 3 is 2.58 bits per heavy atom. The fraction of sp³-hybridized carbons (Fsp3) is 0.200. The summed E-state index contributed by atoms with van der Waals surface area (Å²) in [5.41, 5.74) is 3.53. The monoisotopic (exact) mass is 442 g/mol. The lowest BCUT2D eigenvalue weighted by atomic mass is 10.1. The van der Waals surface area contributed by atoms with Gasteiger partial charge < -0.3 is 15.4 Å². The summed E-state index contributed by atoms with van der Waals surface area (Å²) in [4.78, 5) is 12.0. The average molecular weight is 443 g/mol. The average Bonchev–Trinajstić information content (AvgIpc) is 3.26. The number of anilines is 2. The Bertz CT molecular complexity index is 1210. The summed E-state index contributed by atoms with van der Waals surface area (Å²) >= 11 is 0. The Hall–Kier alpha value is -4.20. The summed E-state index contributed by atoms with van der Waals surface area (Å²) < 4.78 is 7.49. The highest BCUT2D eigenvalue weighted by atomic mass is 16.5. The summed E-state index contributed by atoms with van der Waals surface area (Å²) in [5, 5.41) is 18.1. The fourth-order valence-corrected chi connectivity index (χ4v) is 3.29. The van der Waals surface area contributed by atoms with Crippen LogP contribution in [0.5, 0.6) is 11.8 Å². The van der Waals surface area contributed by atoms with E-state index in [4.69, 9.17) is 4.74 Å². The number of benzene rings is 3. The van der Waals surface area contributed by atoms with Gasteiger partial charge in [-0.3, -0.25) is 4.79 Å². The zero-order valence-electron chi connectivity index (χ0n) is 18.6. The molecule has 1 aromatic heterocycles. The van der Waals surface area contributed by atoms with Crippen LogP contribution < -0.4 is 15.4 Å². The van der Waals surface area contributed by atoms with Crippen molar-refractivity contribution in [1.29, 1.82) is 0 Å². The van der Waals surface area contributed by atoms with Gasteiger partial charge in [-0.25, -0.2) is 0 Å². The number of ether oxygens (including phenoxy) is 1. The maximum absolute atomic E-state index is 12.0. The minimum absolute atomic E-state index is 0.0184. The highest BCUT2D eigenvalue weighted by Crippen LogP contribution is 2.23. The Kier molecular flexibility index (Phi) is 6.94. The van der Waals surface area contributed by atoms with Gasteiger partial charge in [-0.2, -0.15) is 4.68 Å². The topological polar surface area (TPSA) is 94.0 Å². The van der Waals surface area contributed by atoms with Crippen molar-refractivity contribution in [2.45, 2.75) is 26.8 Å².